The molecule has 0 heterocycles. The summed E-state index contributed by atoms with van der Waals surface area (Å²) in [6.07, 6.45) is 0. The number of carbonyl (C=O) groups is 1. The Hall–Kier alpha value is -2.46. The zero-order valence-electron chi connectivity index (χ0n) is 15.1. The second-order valence-electron chi connectivity index (χ2n) is 5.53. The summed E-state index contributed by atoms with van der Waals surface area (Å²) in [7, 11) is 1.72. The van der Waals surface area contributed by atoms with Crippen molar-refractivity contribution in [1.82, 2.24) is 4.90 Å². The minimum atomic E-state index is -4.19. The molecular formula is C17H19FN2O5S2. The van der Waals surface area contributed by atoms with Crippen molar-refractivity contribution in [3.63, 3.8) is 0 Å². The van der Waals surface area contributed by atoms with Crippen LogP contribution in [0.1, 0.15) is 0 Å². The molecule has 0 aliphatic carbocycles. The third-order valence-electron chi connectivity index (χ3n) is 3.40. The molecule has 0 aliphatic rings. The Labute approximate surface area is 161 Å². The molecule has 0 aromatic heterocycles. The summed E-state index contributed by atoms with van der Waals surface area (Å²) in [5.41, 5.74) is 0.228. The highest BCUT2D eigenvalue weighted by Crippen LogP contribution is 2.33. The predicted octanol–water partition coefficient (Wildman–Crippen LogP) is 3.42. The Morgan fingerprint density at radius 2 is 1.63 bits per heavy atom. The fourth-order valence-corrected chi connectivity index (χ4v) is 3.83. The average molecular weight is 414 g/mol. The monoisotopic (exact) mass is 414 g/mol. The van der Waals surface area contributed by atoms with Gasteiger partial charge in [-0.2, -0.15) is 0 Å². The van der Waals surface area contributed by atoms with Crippen molar-refractivity contribution >= 4 is 32.7 Å². The largest absolute Gasteiger partial charge is 0.493 e. The van der Waals surface area contributed by atoms with Crippen LogP contribution in [0.3, 0.4) is 0 Å². The Morgan fingerprint density at radius 1 is 1.07 bits per heavy atom. The molecule has 0 spiro atoms. The smallest absolute Gasteiger partial charge is 0.285 e. The standard InChI is InChI=1S/C17H19FN2O5S2/c1-20(2)17(21)26-12-7-5-11(6-8-12)19-27(22,23)16-10-15(25-4)14(24-3)9-13(16)18/h5-10,19H,1-4H3. The quantitative estimate of drug-likeness (QED) is 0.729. The first-order valence-corrected chi connectivity index (χ1v) is 9.91. The number of hydrogen-bond donors (Lipinski definition) is 1. The van der Waals surface area contributed by atoms with Crippen molar-refractivity contribution in [2.75, 3.05) is 33.0 Å². The summed E-state index contributed by atoms with van der Waals surface area (Å²) in [5.74, 6) is -0.794. The number of benzene rings is 2. The summed E-state index contributed by atoms with van der Waals surface area (Å²) in [6, 6.07) is 8.16. The van der Waals surface area contributed by atoms with Gasteiger partial charge in [0.2, 0.25) is 0 Å². The van der Waals surface area contributed by atoms with E-state index in [1.807, 2.05) is 0 Å². The van der Waals surface area contributed by atoms with Crippen molar-refractivity contribution in [3.05, 3.63) is 42.2 Å². The first kappa shape index (κ1) is 20.8. The first-order valence-electron chi connectivity index (χ1n) is 7.61. The van der Waals surface area contributed by atoms with E-state index in [1.54, 1.807) is 26.2 Å². The lowest BCUT2D eigenvalue weighted by atomic mass is 10.3. The van der Waals surface area contributed by atoms with Gasteiger partial charge < -0.3 is 14.4 Å². The summed E-state index contributed by atoms with van der Waals surface area (Å²) in [5, 5.41) is -0.157. The normalized spacial score (nSPS) is 11.0. The lowest BCUT2D eigenvalue weighted by molar-refractivity contribution is 0.241. The second kappa shape index (κ2) is 8.49. The molecule has 27 heavy (non-hydrogen) atoms. The molecule has 0 atom stereocenters. The number of carbonyl (C=O) groups excluding carboxylic acids is 1. The van der Waals surface area contributed by atoms with Gasteiger partial charge in [0.15, 0.2) is 11.5 Å². The van der Waals surface area contributed by atoms with Crippen LogP contribution < -0.4 is 14.2 Å². The zero-order chi connectivity index (χ0) is 20.2. The van der Waals surface area contributed by atoms with Gasteiger partial charge >= 0.3 is 0 Å². The maximum absolute atomic E-state index is 14.2. The number of hydrogen-bond acceptors (Lipinski definition) is 6. The van der Waals surface area contributed by atoms with Crippen LogP contribution in [0.5, 0.6) is 11.5 Å². The fraction of sp³-hybridized carbons (Fsp3) is 0.235. The van der Waals surface area contributed by atoms with Gasteiger partial charge in [0.1, 0.15) is 10.7 Å². The fourth-order valence-electron chi connectivity index (χ4n) is 2.03. The molecule has 0 fully saturated rings. The number of nitrogens with zero attached hydrogens (tertiary/aromatic N) is 1. The predicted molar refractivity (Wildman–Crippen MR) is 102 cm³/mol. The number of amides is 1. The van der Waals surface area contributed by atoms with Gasteiger partial charge in [0.25, 0.3) is 15.3 Å². The molecule has 0 unspecified atom stereocenters. The molecule has 7 nitrogen and oxygen atoms in total. The minimum Gasteiger partial charge on any atom is -0.493 e. The van der Waals surface area contributed by atoms with Crippen molar-refractivity contribution in [1.29, 1.82) is 0 Å². The van der Waals surface area contributed by atoms with E-state index in [0.29, 0.717) is 4.90 Å². The average Bonchev–Trinajstić information content (AvgIpc) is 2.62. The molecule has 2 aromatic carbocycles. The number of thioether (sulfide) groups is 1. The highest BCUT2D eigenvalue weighted by Gasteiger charge is 2.23. The third-order valence-corrected chi connectivity index (χ3v) is 5.85. The van der Waals surface area contributed by atoms with Gasteiger partial charge in [-0.25, -0.2) is 12.8 Å². The van der Waals surface area contributed by atoms with Crippen LogP contribution in [0.25, 0.3) is 0 Å². The van der Waals surface area contributed by atoms with Gasteiger partial charge in [-0.15, -0.1) is 0 Å². The number of halogens is 1. The van der Waals surface area contributed by atoms with E-state index < -0.39 is 20.7 Å². The molecule has 0 saturated heterocycles. The molecule has 2 rings (SSSR count). The summed E-state index contributed by atoms with van der Waals surface area (Å²) in [6.45, 7) is 0. The van der Waals surface area contributed by atoms with E-state index in [1.165, 1.54) is 31.3 Å². The Bertz CT molecular complexity index is 931. The van der Waals surface area contributed by atoms with Crippen molar-refractivity contribution < 1.29 is 27.1 Å². The maximum atomic E-state index is 14.2. The molecule has 0 aliphatic heterocycles. The van der Waals surface area contributed by atoms with Gasteiger partial charge in [0.05, 0.1) is 14.2 Å². The molecule has 1 N–H and O–H groups in total. The van der Waals surface area contributed by atoms with E-state index >= 15 is 0 Å². The molecule has 2 aromatic rings. The van der Waals surface area contributed by atoms with Crippen LogP contribution in [-0.2, 0) is 10.0 Å². The van der Waals surface area contributed by atoms with E-state index in [-0.39, 0.29) is 22.4 Å². The topological polar surface area (TPSA) is 84.9 Å². The van der Waals surface area contributed by atoms with Crippen LogP contribution in [-0.4, -0.2) is 46.9 Å². The van der Waals surface area contributed by atoms with E-state index in [4.69, 9.17) is 9.47 Å². The number of nitrogens with one attached hydrogen (secondary N) is 1. The minimum absolute atomic E-state index is 0.0842. The summed E-state index contributed by atoms with van der Waals surface area (Å²) < 4.78 is 51.6. The summed E-state index contributed by atoms with van der Waals surface area (Å²) >= 11 is 1.01. The second-order valence-corrected chi connectivity index (χ2v) is 8.21. The highest BCUT2D eigenvalue weighted by atomic mass is 32.2. The highest BCUT2D eigenvalue weighted by molar-refractivity contribution is 8.13. The van der Waals surface area contributed by atoms with Crippen LogP contribution in [0, 0.1) is 5.82 Å². The molecule has 10 heteroatoms. The van der Waals surface area contributed by atoms with Crippen LogP contribution in [0.4, 0.5) is 14.9 Å². The molecule has 1 amide bonds. The number of anilines is 1. The molecule has 0 radical (unpaired) electrons. The number of methoxy groups -OCH3 is 2. The van der Waals surface area contributed by atoms with Crippen LogP contribution >= 0.6 is 11.8 Å². The van der Waals surface area contributed by atoms with Gasteiger partial charge in [-0.1, -0.05) is 0 Å². The number of sulfonamides is 1. The van der Waals surface area contributed by atoms with E-state index in [0.717, 1.165) is 23.9 Å². The van der Waals surface area contributed by atoms with Gasteiger partial charge in [0, 0.05) is 36.8 Å². The molecular weight excluding hydrogens is 395 g/mol. The lowest BCUT2D eigenvalue weighted by Gasteiger charge is -2.13. The van der Waals surface area contributed by atoms with Crippen molar-refractivity contribution in [2.24, 2.45) is 0 Å². The number of ether oxygens (including phenoxy) is 2. The summed E-state index contributed by atoms with van der Waals surface area (Å²) in [4.78, 5) is 13.2. The van der Waals surface area contributed by atoms with E-state index in [2.05, 4.69) is 4.72 Å². The van der Waals surface area contributed by atoms with E-state index in [9.17, 15) is 17.6 Å². The van der Waals surface area contributed by atoms with Gasteiger partial charge in [-0.05, 0) is 36.0 Å². The SMILES string of the molecule is COc1cc(F)c(S(=O)(=O)Nc2ccc(SC(=O)N(C)C)cc2)cc1OC. The third kappa shape index (κ3) is 5.04. The first-order chi connectivity index (χ1) is 12.7. The van der Waals surface area contributed by atoms with Crippen LogP contribution in [0.2, 0.25) is 0 Å². The Balaban J connectivity index is 2.25. The molecule has 0 saturated carbocycles. The lowest BCUT2D eigenvalue weighted by Crippen LogP contribution is -2.16. The van der Waals surface area contributed by atoms with Crippen molar-refractivity contribution in [2.45, 2.75) is 9.79 Å². The molecule has 0 bridgehead atoms. The Kier molecular flexibility index (Phi) is 6.55. The zero-order valence-corrected chi connectivity index (χ0v) is 16.8. The van der Waals surface area contributed by atoms with Crippen LogP contribution in [0.15, 0.2) is 46.2 Å². The molecule has 146 valence electrons. The number of rotatable bonds is 6. The maximum Gasteiger partial charge on any atom is 0.285 e. The van der Waals surface area contributed by atoms with Gasteiger partial charge in [-0.3, -0.25) is 9.52 Å². The van der Waals surface area contributed by atoms with Crippen molar-refractivity contribution in [3.8, 4) is 11.5 Å². The Morgan fingerprint density at radius 3 is 2.15 bits per heavy atom.